The Morgan fingerprint density at radius 3 is 2.44 bits per heavy atom. The fraction of sp³-hybridized carbons (Fsp3) is 0.167. The summed E-state index contributed by atoms with van der Waals surface area (Å²) in [6.07, 6.45) is 0. The molecule has 1 aromatic heterocycles. The van der Waals surface area contributed by atoms with Crippen molar-refractivity contribution in [1.82, 2.24) is 25.5 Å². The second kappa shape index (κ2) is 10.1. The molecule has 4 aromatic rings. The number of rotatable bonds is 8. The number of nitrogens with zero attached hydrogens (tertiary/aromatic N) is 4. The zero-order valence-corrected chi connectivity index (χ0v) is 18.6. The highest BCUT2D eigenvalue weighted by atomic mass is 32.2. The summed E-state index contributed by atoms with van der Waals surface area (Å²) < 4.78 is 6.95. The number of hydrogen-bond donors (Lipinski definition) is 1. The topological polar surface area (TPSA) is 81.9 Å². The van der Waals surface area contributed by atoms with E-state index in [9.17, 15) is 4.79 Å². The van der Waals surface area contributed by atoms with Gasteiger partial charge in [0.25, 0.3) is 0 Å². The SMILES string of the molecule is COc1ccccc1-n1nnnc1SCC(=O)N[C@@H](C)c1ccc(-c2ccccc2)cc1. The summed E-state index contributed by atoms with van der Waals surface area (Å²) in [4.78, 5) is 12.5. The number of aromatic nitrogens is 4. The van der Waals surface area contributed by atoms with Gasteiger partial charge in [-0.15, -0.1) is 5.10 Å². The van der Waals surface area contributed by atoms with Gasteiger partial charge in [0.2, 0.25) is 11.1 Å². The molecule has 0 aliphatic rings. The number of carbonyl (C=O) groups excluding carboxylic acids is 1. The molecule has 0 radical (unpaired) electrons. The van der Waals surface area contributed by atoms with Crippen molar-refractivity contribution in [3.63, 3.8) is 0 Å². The number of hydrogen-bond acceptors (Lipinski definition) is 6. The van der Waals surface area contributed by atoms with Crippen LogP contribution in [0.25, 0.3) is 16.8 Å². The van der Waals surface area contributed by atoms with Gasteiger partial charge >= 0.3 is 0 Å². The van der Waals surface area contributed by atoms with Gasteiger partial charge in [-0.2, -0.15) is 4.68 Å². The molecule has 0 spiro atoms. The standard InChI is InChI=1S/C24H23N5O2S/c1-17(18-12-14-20(15-13-18)19-8-4-3-5-9-19)25-23(30)16-32-24-26-27-28-29(24)21-10-6-7-11-22(21)31-2/h3-15,17H,16H2,1-2H3,(H,25,30)/t17-/m0/s1. The molecule has 0 aliphatic carbocycles. The van der Waals surface area contributed by atoms with Crippen molar-refractivity contribution < 1.29 is 9.53 Å². The molecule has 162 valence electrons. The van der Waals surface area contributed by atoms with E-state index in [2.05, 4.69) is 45.1 Å². The zero-order valence-electron chi connectivity index (χ0n) is 17.8. The van der Waals surface area contributed by atoms with Crippen LogP contribution in [0.4, 0.5) is 0 Å². The van der Waals surface area contributed by atoms with E-state index in [4.69, 9.17) is 4.74 Å². The van der Waals surface area contributed by atoms with E-state index < -0.39 is 0 Å². The Balaban J connectivity index is 1.36. The Labute approximate surface area is 190 Å². The van der Waals surface area contributed by atoms with Gasteiger partial charge in [0.15, 0.2) is 0 Å². The summed E-state index contributed by atoms with van der Waals surface area (Å²) in [5.74, 6) is 0.755. The van der Waals surface area contributed by atoms with Crippen molar-refractivity contribution in [3.05, 3.63) is 84.4 Å². The molecule has 0 bridgehead atoms. The molecule has 7 nitrogen and oxygen atoms in total. The molecular weight excluding hydrogens is 422 g/mol. The second-order valence-electron chi connectivity index (χ2n) is 7.11. The van der Waals surface area contributed by atoms with Crippen LogP contribution in [0.15, 0.2) is 84.0 Å². The minimum Gasteiger partial charge on any atom is -0.494 e. The van der Waals surface area contributed by atoms with Crippen molar-refractivity contribution in [2.45, 2.75) is 18.1 Å². The molecule has 0 unspecified atom stereocenters. The van der Waals surface area contributed by atoms with Crippen molar-refractivity contribution in [2.24, 2.45) is 0 Å². The first-order valence-corrected chi connectivity index (χ1v) is 11.1. The van der Waals surface area contributed by atoms with E-state index in [0.717, 1.165) is 16.8 Å². The number of para-hydroxylation sites is 2. The van der Waals surface area contributed by atoms with Crippen LogP contribution in [0.1, 0.15) is 18.5 Å². The number of ether oxygens (including phenoxy) is 1. The molecule has 1 N–H and O–H groups in total. The Kier molecular flexibility index (Phi) is 6.81. The largest absolute Gasteiger partial charge is 0.494 e. The number of amides is 1. The molecule has 1 heterocycles. The molecule has 8 heteroatoms. The van der Waals surface area contributed by atoms with Crippen molar-refractivity contribution in [2.75, 3.05) is 12.9 Å². The van der Waals surface area contributed by atoms with E-state index in [1.54, 1.807) is 11.8 Å². The van der Waals surface area contributed by atoms with E-state index in [0.29, 0.717) is 10.9 Å². The third-order valence-corrected chi connectivity index (χ3v) is 5.90. The molecule has 3 aromatic carbocycles. The maximum Gasteiger partial charge on any atom is 0.230 e. The highest BCUT2D eigenvalue weighted by molar-refractivity contribution is 7.99. The Morgan fingerprint density at radius 1 is 1.00 bits per heavy atom. The normalized spacial score (nSPS) is 11.7. The Hall–Kier alpha value is -3.65. The van der Waals surface area contributed by atoms with E-state index in [1.807, 2.05) is 61.5 Å². The van der Waals surface area contributed by atoms with Crippen molar-refractivity contribution >= 4 is 17.7 Å². The number of thioether (sulfide) groups is 1. The van der Waals surface area contributed by atoms with Crippen LogP contribution < -0.4 is 10.1 Å². The molecule has 0 saturated heterocycles. The number of nitrogens with one attached hydrogen (secondary N) is 1. The van der Waals surface area contributed by atoms with Gasteiger partial charge in [0, 0.05) is 0 Å². The maximum absolute atomic E-state index is 12.5. The third kappa shape index (κ3) is 4.97. The Bertz CT molecular complexity index is 1180. The predicted octanol–water partition coefficient (Wildman–Crippen LogP) is 4.31. The lowest BCUT2D eigenvalue weighted by molar-refractivity contribution is -0.119. The van der Waals surface area contributed by atoms with E-state index >= 15 is 0 Å². The predicted molar refractivity (Wildman–Crippen MR) is 125 cm³/mol. The van der Waals surface area contributed by atoms with Crippen molar-refractivity contribution in [1.29, 1.82) is 0 Å². The molecular formula is C24H23N5O2S. The summed E-state index contributed by atoms with van der Waals surface area (Å²) in [5, 5.41) is 15.4. The van der Waals surface area contributed by atoms with Gasteiger partial charge in [0.05, 0.1) is 18.9 Å². The number of methoxy groups -OCH3 is 1. The second-order valence-corrected chi connectivity index (χ2v) is 8.05. The first-order valence-electron chi connectivity index (χ1n) is 10.1. The lowest BCUT2D eigenvalue weighted by Crippen LogP contribution is -2.28. The molecule has 32 heavy (non-hydrogen) atoms. The van der Waals surface area contributed by atoms with Crippen LogP contribution in [0.3, 0.4) is 0 Å². The van der Waals surface area contributed by atoms with Crippen molar-refractivity contribution in [3.8, 4) is 22.6 Å². The monoisotopic (exact) mass is 445 g/mol. The van der Waals surface area contributed by atoms with Crippen LogP contribution in [-0.2, 0) is 4.79 Å². The summed E-state index contributed by atoms with van der Waals surface area (Å²) in [6, 6.07) is 25.8. The van der Waals surface area contributed by atoms with Crippen LogP contribution in [-0.4, -0.2) is 39.0 Å². The number of carbonyl (C=O) groups is 1. The maximum atomic E-state index is 12.5. The molecule has 1 amide bonds. The van der Waals surface area contributed by atoms with E-state index in [1.165, 1.54) is 17.3 Å². The highest BCUT2D eigenvalue weighted by Gasteiger charge is 2.16. The van der Waals surface area contributed by atoms with Gasteiger partial charge in [0.1, 0.15) is 11.4 Å². The third-order valence-electron chi connectivity index (χ3n) is 4.98. The van der Waals surface area contributed by atoms with E-state index in [-0.39, 0.29) is 17.7 Å². The quantitative estimate of drug-likeness (QED) is 0.407. The summed E-state index contributed by atoms with van der Waals surface area (Å²) in [7, 11) is 1.59. The fourth-order valence-corrected chi connectivity index (χ4v) is 4.01. The van der Waals surface area contributed by atoms with Gasteiger partial charge in [-0.3, -0.25) is 4.79 Å². The van der Waals surface area contributed by atoms with Gasteiger partial charge in [-0.25, -0.2) is 0 Å². The van der Waals surface area contributed by atoms with Gasteiger partial charge in [-0.1, -0.05) is 78.5 Å². The van der Waals surface area contributed by atoms with Crippen LogP contribution in [0, 0.1) is 0 Å². The summed E-state index contributed by atoms with van der Waals surface area (Å²) in [5.41, 5.74) is 4.07. The smallest absolute Gasteiger partial charge is 0.230 e. The Morgan fingerprint density at radius 2 is 1.69 bits per heavy atom. The first kappa shape index (κ1) is 21.6. The highest BCUT2D eigenvalue weighted by Crippen LogP contribution is 2.26. The first-order chi connectivity index (χ1) is 15.7. The van der Waals surface area contributed by atoms with Crippen LogP contribution in [0.5, 0.6) is 5.75 Å². The summed E-state index contributed by atoms with van der Waals surface area (Å²) in [6.45, 7) is 1.97. The minimum atomic E-state index is -0.113. The minimum absolute atomic E-state index is 0.0933. The lowest BCUT2D eigenvalue weighted by atomic mass is 10.0. The number of benzene rings is 3. The average Bonchev–Trinajstić information content (AvgIpc) is 3.32. The zero-order chi connectivity index (χ0) is 22.3. The molecule has 0 aliphatic heterocycles. The molecule has 0 fully saturated rings. The molecule has 0 saturated carbocycles. The lowest BCUT2D eigenvalue weighted by Gasteiger charge is -2.15. The van der Waals surface area contributed by atoms with Gasteiger partial charge < -0.3 is 10.1 Å². The molecule has 1 atom stereocenters. The fourth-order valence-electron chi connectivity index (χ4n) is 3.32. The number of tetrazole rings is 1. The van der Waals surface area contributed by atoms with Gasteiger partial charge in [-0.05, 0) is 46.2 Å². The van der Waals surface area contributed by atoms with Crippen LogP contribution in [0.2, 0.25) is 0 Å². The van der Waals surface area contributed by atoms with Crippen LogP contribution >= 0.6 is 11.8 Å². The average molecular weight is 446 g/mol. The molecule has 4 rings (SSSR count). The summed E-state index contributed by atoms with van der Waals surface area (Å²) >= 11 is 1.27.